The Labute approximate surface area is 126 Å². The Balaban J connectivity index is 1.81. The number of aromatic amines is 1. The molecule has 0 aliphatic carbocycles. The van der Waals surface area contributed by atoms with Crippen molar-refractivity contribution in [3.63, 3.8) is 0 Å². The monoisotopic (exact) mass is 291 g/mol. The largest absolute Gasteiger partial charge is 0.340 e. The van der Waals surface area contributed by atoms with Gasteiger partial charge in [0, 0.05) is 51.4 Å². The van der Waals surface area contributed by atoms with E-state index in [2.05, 4.69) is 30.7 Å². The first-order valence-electron chi connectivity index (χ1n) is 7.51. The van der Waals surface area contributed by atoms with Gasteiger partial charge in [0.1, 0.15) is 0 Å². The molecule has 0 bridgehead atoms. The van der Waals surface area contributed by atoms with Crippen LogP contribution in [0.1, 0.15) is 32.8 Å². The van der Waals surface area contributed by atoms with Crippen LogP contribution in [-0.2, 0) is 11.3 Å². The maximum atomic E-state index is 12.2. The third kappa shape index (κ3) is 5.01. The first-order valence-corrected chi connectivity index (χ1v) is 7.51. The summed E-state index contributed by atoms with van der Waals surface area (Å²) in [6.45, 7) is 10.4. The molecule has 116 valence electrons. The smallest absolute Gasteiger partial charge is 0.247 e. The summed E-state index contributed by atoms with van der Waals surface area (Å²) < 4.78 is 0. The van der Waals surface area contributed by atoms with Crippen LogP contribution in [0.5, 0.6) is 0 Å². The minimum absolute atomic E-state index is 0.0458. The molecule has 1 aromatic rings. The van der Waals surface area contributed by atoms with Crippen molar-refractivity contribution in [2.24, 2.45) is 5.41 Å². The van der Waals surface area contributed by atoms with Crippen LogP contribution in [-0.4, -0.2) is 46.9 Å². The fraction of sp³-hybridized carbons (Fsp3) is 0.625. The van der Waals surface area contributed by atoms with Crippen molar-refractivity contribution < 1.29 is 4.79 Å². The molecule has 0 saturated carbocycles. The van der Waals surface area contributed by atoms with Crippen LogP contribution in [0.3, 0.4) is 0 Å². The molecule has 1 aliphatic heterocycles. The number of hydrogen-bond acceptors (Lipinski definition) is 3. The molecule has 0 aromatic carbocycles. The Morgan fingerprint density at radius 3 is 2.38 bits per heavy atom. The van der Waals surface area contributed by atoms with Gasteiger partial charge >= 0.3 is 0 Å². The molecule has 0 unspecified atom stereocenters. The Morgan fingerprint density at radius 1 is 1.19 bits per heavy atom. The lowest BCUT2D eigenvalue weighted by Crippen LogP contribution is -2.48. The van der Waals surface area contributed by atoms with Gasteiger partial charge in [0.2, 0.25) is 11.5 Å². The van der Waals surface area contributed by atoms with Gasteiger partial charge in [-0.25, -0.2) is 0 Å². The number of rotatable bonds is 3. The summed E-state index contributed by atoms with van der Waals surface area (Å²) in [6, 6.07) is 3.41. The molecule has 0 spiro atoms. The lowest BCUT2D eigenvalue weighted by molar-refractivity contribution is -0.134. The first kappa shape index (κ1) is 15.8. The quantitative estimate of drug-likeness (QED) is 0.917. The summed E-state index contributed by atoms with van der Waals surface area (Å²) in [4.78, 5) is 30.2. The molecular weight excluding hydrogens is 266 g/mol. The van der Waals surface area contributed by atoms with E-state index >= 15 is 0 Å². The second kappa shape index (κ2) is 6.43. The lowest BCUT2D eigenvalue weighted by Gasteiger charge is -2.36. The highest BCUT2D eigenvalue weighted by atomic mass is 16.2. The van der Waals surface area contributed by atoms with Gasteiger partial charge in [0.15, 0.2) is 0 Å². The SMILES string of the molecule is CC(C)(C)CC(=O)N1CCN(Cc2ccc(=O)[nH]c2)CC1. The molecule has 0 radical (unpaired) electrons. The second-order valence-electron chi connectivity index (χ2n) is 6.96. The molecule has 1 aliphatic rings. The van der Waals surface area contributed by atoms with Crippen molar-refractivity contribution in [3.05, 3.63) is 34.2 Å². The third-order valence-electron chi connectivity index (χ3n) is 3.66. The average molecular weight is 291 g/mol. The molecule has 5 nitrogen and oxygen atoms in total. The zero-order valence-electron chi connectivity index (χ0n) is 13.2. The highest BCUT2D eigenvalue weighted by molar-refractivity contribution is 5.76. The summed E-state index contributed by atoms with van der Waals surface area (Å²) in [5, 5.41) is 0. The first-order chi connectivity index (χ1) is 9.83. The molecule has 0 atom stereocenters. The van der Waals surface area contributed by atoms with Crippen LogP contribution in [0, 0.1) is 5.41 Å². The van der Waals surface area contributed by atoms with E-state index in [-0.39, 0.29) is 16.9 Å². The van der Waals surface area contributed by atoms with E-state index in [1.165, 1.54) is 0 Å². The number of carbonyl (C=O) groups is 1. The van der Waals surface area contributed by atoms with Crippen molar-refractivity contribution in [3.8, 4) is 0 Å². The van der Waals surface area contributed by atoms with Gasteiger partial charge < -0.3 is 9.88 Å². The Morgan fingerprint density at radius 2 is 1.86 bits per heavy atom. The van der Waals surface area contributed by atoms with Gasteiger partial charge in [-0.2, -0.15) is 0 Å². The normalized spacial score (nSPS) is 17.0. The second-order valence-corrected chi connectivity index (χ2v) is 6.96. The van der Waals surface area contributed by atoms with Crippen molar-refractivity contribution in [2.75, 3.05) is 26.2 Å². The molecule has 1 aromatic heterocycles. The summed E-state index contributed by atoms with van der Waals surface area (Å²) in [6.07, 6.45) is 2.37. The topological polar surface area (TPSA) is 56.4 Å². The highest BCUT2D eigenvalue weighted by Crippen LogP contribution is 2.20. The molecule has 1 saturated heterocycles. The van der Waals surface area contributed by atoms with Gasteiger partial charge in [-0.05, 0) is 11.0 Å². The Kier molecular flexibility index (Phi) is 4.83. The van der Waals surface area contributed by atoms with Crippen LogP contribution in [0.15, 0.2) is 23.1 Å². The van der Waals surface area contributed by atoms with Gasteiger partial charge in [0.05, 0.1) is 0 Å². The minimum Gasteiger partial charge on any atom is -0.340 e. The van der Waals surface area contributed by atoms with E-state index in [0.717, 1.165) is 38.3 Å². The molecule has 21 heavy (non-hydrogen) atoms. The maximum Gasteiger partial charge on any atom is 0.247 e. The predicted molar refractivity (Wildman–Crippen MR) is 83.0 cm³/mol. The number of pyridine rings is 1. The molecule has 2 rings (SSSR count). The van der Waals surface area contributed by atoms with Crippen LogP contribution >= 0.6 is 0 Å². The molecule has 2 heterocycles. The van der Waals surface area contributed by atoms with Crippen LogP contribution in [0.25, 0.3) is 0 Å². The standard InChI is InChI=1S/C16H25N3O2/c1-16(2,3)10-15(21)19-8-6-18(7-9-19)12-13-4-5-14(20)17-11-13/h4-5,11H,6-10,12H2,1-3H3,(H,17,20). The number of nitrogens with zero attached hydrogens (tertiary/aromatic N) is 2. The summed E-state index contributed by atoms with van der Waals surface area (Å²) in [7, 11) is 0. The zero-order valence-corrected chi connectivity index (χ0v) is 13.2. The molecule has 1 N–H and O–H groups in total. The highest BCUT2D eigenvalue weighted by Gasteiger charge is 2.24. The van der Waals surface area contributed by atoms with Gasteiger partial charge in [0.25, 0.3) is 0 Å². The lowest BCUT2D eigenvalue weighted by atomic mass is 9.91. The number of carbonyl (C=O) groups excluding carboxylic acids is 1. The van der Waals surface area contributed by atoms with E-state index in [1.807, 2.05) is 11.0 Å². The Hall–Kier alpha value is -1.62. The molecule has 1 amide bonds. The number of hydrogen-bond donors (Lipinski definition) is 1. The van der Waals surface area contributed by atoms with Crippen LogP contribution in [0.2, 0.25) is 0 Å². The van der Waals surface area contributed by atoms with Crippen molar-refractivity contribution >= 4 is 5.91 Å². The summed E-state index contributed by atoms with van der Waals surface area (Å²) >= 11 is 0. The third-order valence-corrected chi connectivity index (χ3v) is 3.66. The number of nitrogens with one attached hydrogen (secondary N) is 1. The van der Waals surface area contributed by atoms with E-state index < -0.39 is 0 Å². The van der Waals surface area contributed by atoms with E-state index in [9.17, 15) is 9.59 Å². The van der Waals surface area contributed by atoms with Crippen LogP contribution in [0.4, 0.5) is 0 Å². The number of piperazine rings is 1. The maximum absolute atomic E-state index is 12.2. The summed E-state index contributed by atoms with van der Waals surface area (Å²) in [5.41, 5.74) is 1.07. The molecule has 5 heteroatoms. The van der Waals surface area contributed by atoms with E-state index in [1.54, 1.807) is 12.3 Å². The van der Waals surface area contributed by atoms with E-state index in [4.69, 9.17) is 0 Å². The average Bonchev–Trinajstić information content (AvgIpc) is 2.40. The minimum atomic E-state index is -0.0728. The summed E-state index contributed by atoms with van der Waals surface area (Å²) in [5.74, 6) is 0.256. The molecule has 1 fully saturated rings. The number of aromatic nitrogens is 1. The predicted octanol–water partition coefficient (Wildman–Crippen LogP) is 1.46. The van der Waals surface area contributed by atoms with Gasteiger partial charge in [-0.1, -0.05) is 26.8 Å². The van der Waals surface area contributed by atoms with Gasteiger partial charge in [-0.15, -0.1) is 0 Å². The fourth-order valence-electron chi connectivity index (χ4n) is 2.52. The van der Waals surface area contributed by atoms with Crippen LogP contribution < -0.4 is 5.56 Å². The zero-order chi connectivity index (χ0) is 15.5. The molecular formula is C16H25N3O2. The number of H-pyrrole nitrogens is 1. The van der Waals surface area contributed by atoms with Crippen molar-refractivity contribution in [1.29, 1.82) is 0 Å². The Bertz CT molecular complexity index is 517. The number of amides is 1. The van der Waals surface area contributed by atoms with E-state index in [0.29, 0.717) is 6.42 Å². The fourth-order valence-corrected chi connectivity index (χ4v) is 2.52. The van der Waals surface area contributed by atoms with Gasteiger partial charge in [-0.3, -0.25) is 14.5 Å². The van der Waals surface area contributed by atoms with Crippen molar-refractivity contribution in [2.45, 2.75) is 33.7 Å². The van der Waals surface area contributed by atoms with Crippen molar-refractivity contribution in [1.82, 2.24) is 14.8 Å².